The van der Waals surface area contributed by atoms with E-state index in [0.717, 1.165) is 30.7 Å². The van der Waals surface area contributed by atoms with Gasteiger partial charge >= 0.3 is 0 Å². The normalized spacial score (nSPS) is 16.4. The molecule has 0 amide bonds. The maximum atomic E-state index is 4.75. The smallest absolute Gasteiger partial charge is 0.0705 e. The van der Waals surface area contributed by atoms with Gasteiger partial charge in [-0.05, 0) is 76.8 Å². The molecule has 1 aliphatic rings. The van der Waals surface area contributed by atoms with E-state index in [-0.39, 0.29) is 0 Å². The molecule has 120 valence electrons. The van der Waals surface area contributed by atoms with Gasteiger partial charge in [0.15, 0.2) is 0 Å². The second-order valence-corrected chi connectivity index (χ2v) is 9.13. The maximum Gasteiger partial charge on any atom is 0.0705 e. The molecule has 3 aromatic rings. The minimum Gasteiger partial charge on any atom is -0.284 e. The van der Waals surface area contributed by atoms with Crippen molar-refractivity contribution in [1.29, 1.82) is 0 Å². The van der Waals surface area contributed by atoms with Crippen molar-refractivity contribution in [2.75, 3.05) is 6.54 Å². The zero-order valence-corrected chi connectivity index (χ0v) is 16.1. The first-order chi connectivity index (χ1) is 11.8. The molecule has 0 N–H and O–H groups in total. The highest BCUT2D eigenvalue weighted by molar-refractivity contribution is 9.11. The van der Waals surface area contributed by atoms with E-state index in [9.17, 15) is 0 Å². The minimum absolute atomic E-state index is 0.903. The fourth-order valence-electron chi connectivity index (χ4n) is 2.78. The molecule has 1 aliphatic heterocycles. The van der Waals surface area contributed by atoms with Crippen LogP contribution >= 0.6 is 38.6 Å². The predicted molar refractivity (Wildman–Crippen MR) is 108 cm³/mol. The zero-order chi connectivity index (χ0) is 16.4. The Bertz CT molecular complexity index is 906. The Morgan fingerprint density at radius 3 is 2.71 bits per heavy atom. The van der Waals surface area contributed by atoms with Crippen molar-refractivity contribution in [2.45, 2.75) is 12.8 Å². The monoisotopic (exact) mass is 414 g/mol. The first-order valence-electron chi connectivity index (χ1n) is 7.81. The molecule has 2 nitrogen and oxygen atoms in total. The summed E-state index contributed by atoms with van der Waals surface area (Å²) in [5, 5.41) is 0. The number of hydrogen-bond acceptors (Lipinski definition) is 4. The number of halogens is 1. The molecule has 5 heteroatoms. The molecule has 0 aliphatic carbocycles. The number of rotatable bonds is 3. The number of aromatic nitrogens is 1. The largest absolute Gasteiger partial charge is 0.284 e. The van der Waals surface area contributed by atoms with Gasteiger partial charge in [0.2, 0.25) is 0 Å². The van der Waals surface area contributed by atoms with Crippen molar-refractivity contribution in [3.05, 3.63) is 68.6 Å². The van der Waals surface area contributed by atoms with E-state index in [1.54, 1.807) is 17.5 Å². The van der Waals surface area contributed by atoms with Crippen molar-refractivity contribution in [2.24, 2.45) is 4.99 Å². The number of pyridine rings is 1. The molecule has 0 spiro atoms. The van der Waals surface area contributed by atoms with E-state index in [0.29, 0.717) is 0 Å². The summed E-state index contributed by atoms with van der Waals surface area (Å²) < 4.78 is 1.17. The van der Waals surface area contributed by atoms with E-state index in [1.165, 1.54) is 24.0 Å². The Kier molecular flexibility index (Phi) is 4.74. The van der Waals surface area contributed by atoms with Crippen LogP contribution in [0.5, 0.6) is 0 Å². The summed E-state index contributed by atoms with van der Waals surface area (Å²) in [5.41, 5.74) is 3.53. The molecule has 3 aromatic heterocycles. The van der Waals surface area contributed by atoms with Crippen LogP contribution in [-0.4, -0.2) is 17.2 Å². The SMILES string of the molecule is Brc1ccc(-c2ccc(/C=C3\CCCN=C3c3cccnc3)s2)s1. The van der Waals surface area contributed by atoms with E-state index in [1.807, 2.05) is 23.6 Å². The van der Waals surface area contributed by atoms with E-state index < -0.39 is 0 Å². The van der Waals surface area contributed by atoms with E-state index >= 15 is 0 Å². The molecular formula is C19H15BrN2S2. The van der Waals surface area contributed by atoms with Crippen molar-refractivity contribution < 1.29 is 0 Å². The van der Waals surface area contributed by atoms with Crippen LogP contribution in [0.25, 0.3) is 15.8 Å². The van der Waals surface area contributed by atoms with Crippen LogP contribution in [0.15, 0.2) is 63.1 Å². The summed E-state index contributed by atoms with van der Waals surface area (Å²) >= 11 is 7.14. The molecule has 0 saturated heterocycles. The highest BCUT2D eigenvalue weighted by atomic mass is 79.9. The van der Waals surface area contributed by atoms with Gasteiger partial charge in [-0.3, -0.25) is 9.98 Å². The third-order valence-electron chi connectivity index (χ3n) is 3.87. The Labute approximate surface area is 157 Å². The van der Waals surface area contributed by atoms with Gasteiger partial charge in [-0.15, -0.1) is 22.7 Å². The zero-order valence-electron chi connectivity index (χ0n) is 12.9. The van der Waals surface area contributed by atoms with Gasteiger partial charge in [-0.1, -0.05) is 0 Å². The van der Waals surface area contributed by atoms with Crippen molar-refractivity contribution in [3.8, 4) is 9.75 Å². The second-order valence-electron chi connectivity index (χ2n) is 5.55. The fraction of sp³-hybridized carbons (Fsp3) is 0.158. The number of thiophene rings is 2. The molecule has 0 unspecified atom stereocenters. The summed E-state index contributed by atoms with van der Waals surface area (Å²) in [7, 11) is 0. The highest BCUT2D eigenvalue weighted by Crippen LogP contribution is 2.36. The van der Waals surface area contributed by atoms with Crippen molar-refractivity contribution >= 4 is 50.4 Å². The van der Waals surface area contributed by atoms with Crippen LogP contribution in [0.2, 0.25) is 0 Å². The molecule has 0 fully saturated rings. The van der Waals surface area contributed by atoms with Gasteiger partial charge in [0.05, 0.1) is 9.50 Å². The molecule has 0 bridgehead atoms. The van der Waals surface area contributed by atoms with Crippen LogP contribution in [0, 0.1) is 0 Å². The fourth-order valence-corrected chi connectivity index (χ4v) is 5.23. The Balaban J connectivity index is 1.66. The molecule has 0 aromatic carbocycles. The highest BCUT2D eigenvalue weighted by Gasteiger charge is 2.15. The number of aliphatic imine (C=N–C) groups is 1. The topological polar surface area (TPSA) is 25.2 Å². The van der Waals surface area contributed by atoms with Crippen LogP contribution in [0.1, 0.15) is 23.3 Å². The lowest BCUT2D eigenvalue weighted by Crippen LogP contribution is -2.11. The Hall–Kier alpha value is -1.56. The number of nitrogens with zero attached hydrogens (tertiary/aromatic N) is 2. The van der Waals surface area contributed by atoms with Crippen molar-refractivity contribution in [3.63, 3.8) is 0 Å². The summed E-state index contributed by atoms with van der Waals surface area (Å²) in [4.78, 5) is 12.9. The van der Waals surface area contributed by atoms with Gasteiger partial charge in [0, 0.05) is 39.1 Å². The summed E-state index contributed by atoms with van der Waals surface area (Å²) in [6.45, 7) is 0.903. The summed E-state index contributed by atoms with van der Waals surface area (Å²) in [6.07, 6.45) is 8.20. The van der Waals surface area contributed by atoms with Gasteiger partial charge < -0.3 is 0 Å². The van der Waals surface area contributed by atoms with Crippen LogP contribution < -0.4 is 0 Å². The molecule has 0 radical (unpaired) electrons. The van der Waals surface area contributed by atoms with Gasteiger partial charge in [-0.2, -0.15) is 0 Å². The second kappa shape index (κ2) is 7.13. The third-order valence-corrected chi connectivity index (χ3v) is 6.72. The van der Waals surface area contributed by atoms with Gasteiger partial charge in [-0.25, -0.2) is 0 Å². The number of allylic oxidation sites excluding steroid dienone is 1. The van der Waals surface area contributed by atoms with E-state index in [4.69, 9.17) is 4.99 Å². The van der Waals surface area contributed by atoms with E-state index in [2.05, 4.69) is 57.3 Å². The molecular weight excluding hydrogens is 400 g/mol. The van der Waals surface area contributed by atoms with Gasteiger partial charge in [0.1, 0.15) is 0 Å². The molecule has 0 atom stereocenters. The Morgan fingerprint density at radius 1 is 1.04 bits per heavy atom. The lowest BCUT2D eigenvalue weighted by Gasteiger charge is -2.15. The first-order valence-corrected chi connectivity index (χ1v) is 10.2. The lowest BCUT2D eigenvalue weighted by molar-refractivity contribution is 0.818. The summed E-state index contributed by atoms with van der Waals surface area (Å²) in [6, 6.07) is 12.7. The minimum atomic E-state index is 0.903. The molecule has 0 saturated carbocycles. The summed E-state index contributed by atoms with van der Waals surface area (Å²) in [5.74, 6) is 0. The molecule has 24 heavy (non-hydrogen) atoms. The quantitative estimate of drug-likeness (QED) is 0.493. The van der Waals surface area contributed by atoms with Crippen LogP contribution in [-0.2, 0) is 0 Å². The predicted octanol–water partition coefficient (Wildman–Crippen LogP) is 6.30. The Morgan fingerprint density at radius 2 is 1.92 bits per heavy atom. The van der Waals surface area contributed by atoms with Crippen molar-refractivity contribution in [1.82, 2.24) is 4.98 Å². The van der Waals surface area contributed by atoms with Crippen LogP contribution in [0.4, 0.5) is 0 Å². The maximum absolute atomic E-state index is 4.75. The standard InChI is InChI=1S/C19H15BrN2S2/c20-18-8-7-17(24-18)16-6-5-15(23-16)11-13-3-2-10-22-19(13)14-4-1-9-21-12-14/h1,4-9,11-12H,2-3,10H2/b13-11+. The lowest BCUT2D eigenvalue weighted by atomic mass is 9.96. The van der Waals surface area contributed by atoms with Crippen LogP contribution in [0.3, 0.4) is 0 Å². The molecule has 4 rings (SSSR count). The average molecular weight is 415 g/mol. The average Bonchev–Trinajstić information content (AvgIpc) is 3.25. The first kappa shape index (κ1) is 15.9. The number of hydrogen-bond donors (Lipinski definition) is 0. The molecule has 4 heterocycles. The third kappa shape index (κ3) is 3.43. The van der Waals surface area contributed by atoms with Gasteiger partial charge in [0.25, 0.3) is 0 Å².